The van der Waals surface area contributed by atoms with Gasteiger partial charge in [-0.1, -0.05) is 88.4 Å². The summed E-state index contributed by atoms with van der Waals surface area (Å²) in [4.78, 5) is 25.6. The summed E-state index contributed by atoms with van der Waals surface area (Å²) in [7, 11) is -0.957. The highest BCUT2D eigenvalue weighted by Crippen LogP contribution is 2.26. The third-order valence-electron chi connectivity index (χ3n) is 4.55. The van der Waals surface area contributed by atoms with Gasteiger partial charge in [-0.3, -0.25) is 4.79 Å². The summed E-state index contributed by atoms with van der Waals surface area (Å²) in [5.41, 5.74) is -0.0224. The maximum Gasteiger partial charge on any atom is 0.341 e. The van der Waals surface area contributed by atoms with E-state index in [0.29, 0.717) is 6.42 Å². The lowest BCUT2D eigenvalue weighted by Crippen LogP contribution is -2.52. The fourth-order valence-corrected chi connectivity index (χ4v) is 5.72. The zero-order valence-electron chi connectivity index (χ0n) is 17.3. The Morgan fingerprint density at radius 3 is 1.79 bits per heavy atom. The van der Waals surface area contributed by atoms with E-state index in [2.05, 4.69) is 20.8 Å². The molecule has 0 aliphatic carbocycles. The molecule has 2 atom stereocenters. The van der Waals surface area contributed by atoms with Crippen molar-refractivity contribution in [2.45, 2.75) is 40.2 Å². The Morgan fingerprint density at radius 2 is 1.39 bits per heavy atom. The number of methoxy groups -OCH3 is 1. The molecule has 0 N–H and O–H groups in total. The Morgan fingerprint density at radius 1 is 0.929 bits per heavy atom. The van der Waals surface area contributed by atoms with Crippen LogP contribution < -0.4 is 10.4 Å². The molecule has 28 heavy (non-hydrogen) atoms. The van der Waals surface area contributed by atoms with Crippen molar-refractivity contribution in [2.75, 3.05) is 7.11 Å². The van der Waals surface area contributed by atoms with Crippen LogP contribution in [0.15, 0.2) is 60.7 Å². The minimum atomic E-state index is -2.25. The van der Waals surface area contributed by atoms with Gasteiger partial charge in [0, 0.05) is 5.92 Å². The first-order chi connectivity index (χ1) is 13.2. The number of esters is 1. The number of carbonyl (C=O) groups is 2. The maximum atomic E-state index is 13.1. The van der Waals surface area contributed by atoms with Crippen LogP contribution in [0.4, 0.5) is 0 Å². The molecule has 0 radical (unpaired) electrons. The summed E-state index contributed by atoms with van der Waals surface area (Å²) in [5.74, 6) is -1.15. The Bertz CT molecular complexity index is 729. The van der Waals surface area contributed by atoms with E-state index in [1.54, 1.807) is 0 Å². The Labute approximate surface area is 169 Å². The van der Waals surface area contributed by atoms with Gasteiger partial charge in [-0.05, 0) is 22.2 Å². The van der Waals surface area contributed by atoms with Crippen molar-refractivity contribution in [1.29, 1.82) is 0 Å². The maximum absolute atomic E-state index is 13.1. The van der Waals surface area contributed by atoms with Crippen molar-refractivity contribution < 1.29 is 18.8 Å². The first kappa shape index (κ1) is 22.1. The molecule has 0 spiro atoms. The van der Waals surface area contributed by atoms with E-state index in [4.69, 9.17) is 9.16 Å². The minimum Gasteiger partial charge on any atom is -0.467 e. The quantitative estimate of drug-likeness (QED) is 0.390. The van der Waals surface area contributed by atoms with Crippen molar-refractivity contribution >= 4 is 31.2 Å². The second kappa shape index (κ2) is 9.80. The van der Waals surface area contributed by atoms with Gasteiger partial charge in [0.05, 0.1) is 7.11 Å². The van der Waals surface area contributed by atoms with Crippen molar-refractivity contribution in [2.24, 2.45) is 11.3 Å². The minimum absolute atomic E-state index is 0.0224. The lowest BCUT2D eigenvalue weighted by atomic mass is 9.82. The summed E-state index contributed by atoms with van der Waals surface area (Å²) in [5, 5.41) is 2.03. The van der Waals surface area contributed by atoms with Crippen LogP contribution in [0, 0.1) is 11.3 Å². The Balaban J connectivity index is 2.36. The number of carbonyl (C=O) groups excluding carboxylic acids is 2. The Kier molecular flexibility index (Phi) is 7.72. The van der Waals surface area contributed by atoms with Crippen LogP contribution in [0.5, 0.6) is 0 Å². The first-order valence-electron chi connectivity index (χ1n) is 9.60. The lowest BCUT2D eigenvalue weighted by Gasteiger charge is -2.27. The summed E-state index contributed by atoms with van der Waals surface area (Å²) in [6.45, 7) is 8.09. The van der Waals surface area contributed by atoms with Crippen molar-refractivity contribution in [3.8, 4) is 0 Å². The summed E-state index contributed by atoms with van der Waals surface area (Å²) in [6.07, 6.45) is -0.537. The normalized spacial score (nSPS) is 13.8. The number of hydrogen-bond donors (Lipinski definition) is 0. The molecule has 0 heterocycles. The molecular formula is C23H30O4Si. The molecule has 2 aromatic carbocycles. The second-order valence-electron chi connectivity index (χ2n) is 8.31. The van der Waals surface area contributed by atoms with E-state index in [1.807, 2.05) is 67.6 Å². The van der Waals surface area contributed by atoms with E-state index in [0.717, 1.165) is 10.4 Å². The van der Waals surface area contributed by atoms with Gasteiger partial charge >= 0.3 is 5.97 Å². The predicted octanol–water partition coefficient (Wildman–Crippen LogP) is 2.72. The molecule has 0 amide bonds. The summed E-state index contributed by atoms with van der Waals surface area (Å²) < 4.78 is 11.2. The number of ketones is 1. The van der Waals surface area contributed by atoms with Gasteiger partial charge in [0.15, 0.2) is 5.78 Å². The zero-order valence-corrected chi connectivity index (χ0v) is 18.5. The monoisotopic (exact) mass is 398 g/mol. The highest BCUT2D eigenvalue weighted by molar-refractivity contribution is 6.80. The van der Waals surface area contributed by atoms with Crippen molar-refractivity contribution in [1.82, 2.24) is 0 Å². The molecule has 2 unspecified atom stereocenters. The van der Waals surface area contributed by atoms with Gasteiger partial charge in [-0.2, -0.15) is 0 Å². The number of rotatable bonds is 8. The second-order valence-corrected chi connectivity index (χ2v) is 10.7. The lowest BCUT2D eigenvalue weighted by molar-refractivity contribution is -0.155. The van der Waals surface area contributed by atoms with E-state index in [-0.39, 0.29) is 17.1 Å². The standard InChI is InChI=1S/C23H30O4Si/c1-17(16-23(2,3)4)20(24)21(22(25)26-5)27-28(18-12-8-6-9-13-18)19-14-10-7-11-15-19/h6-15,17,21,28H,16H2,1-5H3. The molecule has 4 nitrogen and oxygen atoms in total. The fraction of sp³-hybridized carbons (Fsp3) is 0.391. The molecule has 2 rings (SSSR count). The molecular weight excluding hydrogens is 368 g/mol. The molecule has 0 bridgehead atoms. The third-order valence-corrected chi connectivity index (χ3v) is 7.08. The molecule has 0 saturated heterocycles. The molecule has 2 aromatic rings. The fourth-order valence-electron chi connectivity index (χ4n) is 3.36. The number of benzene rings is 2. The smallest absolute Gasteiger partial charge is 0.341 e. The van der Waals surface area contributed by atoms with Gasteiger partial charge in [-0.25, -0.2) is 4.79 Å². The van der Waals surface area contributed by atoms with Crippen LogP contribution in [0.2, 0.25) is 0 Å². The SMILES string of the molecule is COC(=O)C(O[SiH](c1ccccc1)c1ccccc1)C(=O)C(C)CC(C)(C)C. The third kappa shape index (κ3) is 6.14. The number of ether oxygens (including phenoxy) is 1. The molecule has 0 aromatic heterocycles. The highest BCUT2D eigenvalue weighted by Gasteiger charge is 2.36. The number of hydrogen-bond acceptors (Lipinski definition) is 4. The van der Waals surface area contributed by atoms with Crippen LogP contribution in [0.1, 0.15) is 34.1 Å². The summed E-state index contributed by atoms with van der Waals surface area (Å²) >= 11 is 0. The average Bonchev–Trinajstić information content (AvgIpc) is 2.68. The van der Waals surface area contributed by atoms with Crippen LogP contribution in [0.3, 0.4) is 0 Å². The van der Waals surface area contributed by atoms with Crippen LogP contribution >= 0.6 is 0 Å². The molecule has 0 aliphatic rings. The number of Topliss-reactive ketones (excluding diaryl/α,β-unsaturated/α-hetero) is 1. The van der Waals surface area contributed by atoms with E-state index in [9.17, 15) is 9.59 Å². The topological polar surface area (TPSA) is 52.6 Å². The van der Waals surface area contributed by atoms with E-state index in [1.165, 1.54) is 7.11 Å². The largest absolute Gasteiger partial charge is 0.467 e. The van der Waals surface area contributed by atoms with Gasteiger partial charge in [0.25, 0.3) is 0 Å². The highest BCUT2D eigenvalue weighted by atomic mass is 28.3. The van der Waals surface area contributed by atoms with Crippen LogP contribution in [-0.4, -0.2) is 34.0 Å². The van der Waals surface area contributed by atoms with E-state index < -0.39 is 21.1 Å². The summed E-state index contributed by atoms with van der Waals surface area (Å²) in [6, 6.07) is 19.6. The van der Waals surface area contributed by atoms with E-state index >= 15 is 0 Å². The molecule has 150 valence electrons. The molecule has 5 heteroatoms. The van der Waals surface area contributed by atoms with Crippen LogP contribution in [-0.2, 0) is 18.8 Å². The van der Waals surface area contributed by atoms with Crippen LogP contribution in [0.25, 0.3) is 0 Å². The molecule has 0 saturated carbocycles. The van der Waals surface area contributed by atoms with Gasteiger partial charge < -0.3 is 9.16 Å². The Hall–Kier alpha value is -2.24. The predicted molar refractivity (Wildman–Crippen MR) is 114 cm³/mol. The van der Waals surface area contributed by atoms with Gasteiger partial charge in [0.1, 0.15) is 0 Å². The molecule has 0 aliphatic heterocycles. The van der Waals surface area contributed by atoms with Crippen molar-refractivity contribution in [3.05, 3.63) is 60.7 Å². The molecule has 0 fully saturated rings. The van der Waals surface area contributed by atoms with Gasteiger partial charge in [-0.15, -0.1) is 0 Å². The average molecular weight is 399 g/mol. The first-order valence-corrected chi connectivity index (χ1v) is 11.2. The van der Waals surface area contributed by atoms with Gasteiger partial charge in [0.2, 0.25) is 15.1 Å². The van der Waals surface area contributed by atoms with Crippen molar-refractivity contribution in [3.63, 3.8) is 0 Å². The zero-order chi connectivity index (χ0) is 20.7.